The van der Waals surface area contributed by atoms with Crippen molar-refractivity contribution in [1.82, 2.24) is 10.3 Å². The van der Waals surface area contributed by atoms with Gasteiger partial charge in [-0.2, -0.15) is 0 Å². The monoisotopic (exact) mass is 333 g/mol. The van der Waals surface area contributed by atoms with Crippen molar-refractivity contribution in [3.05, 3.63) is 35.3 Å². The molecule has 5 nitrogen and oxygen atoms in total. The molecule has 1 unspecified atom stereocenters. The summed E-state index contributed by atoms with van der Waals surface area (Å²) >= 11 is 1.45. The standard InChI is InChI=1S/C17H23N3O2S/c1-11(2)8-13(9-18)19-16(21)15-10-23-17(20-15)12-4-6-14(22-3)7-5-12/h4-7,10-11,13H,8-9,18H2,1-3H3,(H,19,21). The third-order valence-corrected chi connectivity index (χ3v) is 4.34. The van der Waals surface area contributed by atoms with Crippen LogP contribution in [0.3, 0.4) is 0 Å². The van der Waals surface area contributed by atoms with E-state index in [0.29, 0.717) is 18.2 Å². The quantitative estimate of drug-likeness (QED) is 0.817. The van der Waals surface area contributed by atoms with Crippen LogP contribution < -0.4 is 15.8 Å². The van der Waals surface area contributed by atoms with Crippen LogP contribution in [0.15, 0.2) is 29.6 Å². The molecule has 1 aromatic carbocycles. The van der Waals surface area contributed by atoms with Gasteiger partial charge in [0, 0.05) is 23.5 Å². The second kappa shape index (κ2) is 8.08. The number of benzene rings is 1. The molecule has 1 atom stereocenters. The molecule has 0 aliphatic rings. The average molecular weight is 333 g/mol. The number of aromatic nitrogens is 1. The van der Waals surface area contributed by atoms with Crippen molar-refractivity contribution in [2.75, 3.05) is 13.7 Å². The summed E-state index contributed by atoms with van der Waals surface area (Å²) in [5, 5.41) is 5.54. The summed E-state index contributed by atoms with van der Waals surface area (Å²) in [6.07, 6.45) is 0.859. The van der Waals surface area contributed by atoms with Crippen molar-refractivity contribution in [3.8, 4) is 16.3 Å². The zero-order valence-corrected chi connectivity index (χ0v) is 14.5. The van der Waals surface area contributed by atoms with E-state index >= 15 is 0 Å². The number of thiazole rings is 1. The largest absolute Gasteiger partial charge is 0.497 e. The Labute approximate surface area is 140 Å². The van der Waals surface area contributed by atoms with E-state index in [0.717, 1.165) is 22.7 Å². The highest BCUT2D eigenvalue weighted by Crippen LogP contribution is 2.25. The van der Waals surface area contributed by atoms with Gasteiger partial charge in [0.25, 0.3) is 5.91 Å². The van der Waals surface area contributed by atoms with E-state index in [1.807, 2.05) is 24.3 Å². The van der Waals surface area contributed by atoms with Gasteiger partial charge in [-0.05, 0) is 36.6 Å². The maximum atomic E-state index is 12.3. The molecule has 2 rings (SSSR count). The van der Waals surface area contributed by atoms with Crippen LogP contribution in [0.5, 0.6) is 5.75 Å². The highest BCUT2D eigenvalue weighted by Gasteiger charge is 2.16. The SMILES string of the molecule is COc1ccc(-c2nc(C(=O)NC(CN)CC(C)C)cs2)cc1. The zero-order valence-electron chi connectivity index (χ0n) is 13.7. The summed E-state index contributed by atoms with van der Waals surface area (Å²) in [5.74, 6) is 1.11. The Hall–Kier alpha value is -1.92. The van der Waals surface area contributed by atoms with E-state index in [2.05, 4.69) is 24.1 Å². The lowest BCUT2D eigenvalue weighted by Crippen LogP contribution is -2.41. The molecule has 2 aromatic rings. The van der Waals surface area contributed by atoms with Gasteiger partial charge >= 0.3 is 0 Å². The van der Waals surface area contributed by atoms with Crippen LogP contribution in [0, 0.1) is 5.92 Å². The summed E-state index contributed by atoms with van der Waals surface area (Å²) in [7, 11) is 1.63. The maximum Gasteiger partial charge on any atom is 0.271 e. The molecule has 23 heavy (non-hydrogen) atoms. The Balaban J connectivity index is 2.06. The number of nitrogens with one attached hydrogen (secondary N) is 1. The second-order valence-corrected chi connectivity index (χ2v) is 6.66. The molecular formula is C17H23N3O2S. The minimum Gasteiger partial charge on any atom is -0.497 e. The number of nitrogens with two attached hydrogens (primary N) is 1. The third-order valence-electron chi connectivity index (χ3n) is 3.45. The third kappa shape index (κ3) is 4.77. The van der Waals surface area contributed by atoms with E-state index in [1.165, 1.54) is 11.3 Å². The Morgan fingerprint density at radius 1 is 1.35 bits per heavy atom. The van der Waals surface area contributed by atoms with Gasteiger partial charge in [-0.25, -0.2) is 4.98 Å². The molecule has 1 aromatic heterocycles. The Morgan fingerprint density at radius 3 is 2.61 bits per heavy atom. The van der Waals surface area contributed by atoms with Crippen LogP contribution in [-0.4, -0.2) is 30.6 Å². The number of carbonyl (C=O) groups is 1. The van der Waals surface area contributed by atoms with Crippen LogP contribution >= 0.6 is 11.3 Å². The minimum absolute atomic E-state index is 0.0198. The summed E-state index contributed by atoms with van der Waals surface area (Å²) in [6, 6.07) is 7.60. The van der Waals surface area contributed by atoms with Crippen molar-refractivity contribution >= 4 is 17.2 Å². The van der Waals surface area contributed by atoms with Gasteiger partial charge < -0.3 is 15.8 Å². The van der Waals surface area contributed by atoms with Crippen molar-refractivity contribution in [3.63, 3.8) is 0 Å². The number of methoxy groups -OCH3 is 1. The van der Waals surface area contributed by atoms with Gasteiger partial charge in [0.05, 0.1) is 7.11 Å². The molecule has 0 fully saturated rings. The average Bonchev–Trinajstić information content (AvgIpc) is 3.04. The Kier molecular flexibility index (Phi) is 6.12. The van der Waals surface area contributed by atoms with Crippen LogP contribution in [0.2, 0.25) is 0 Å². The fourth-order valence-electron chi connectivity index (χ4n) is 2.29. The molecule has 1 heterocycles. The highest BCUT2D eigenvalue weighted by atomic mass is 32.1. The Bertz CT molecular complexity index is 638. The topological polar surface area (TPSA) is 77.2 Å². The van der Waals surface area contributed by atoms with E-state index < -0.39 is 0 Å². The summed E-state index contributed by atoms with van der Waals surface area (Å²) in [5.41, 5.74) is 7.13. The first-order valence-electron chi connectivity index (χ1n) is 7.64. The van der Waals surface area contributed by atoms with E-state index in [4.69, 9.17) is 10.5 Å². The normalized spacial score (nSPS) is 12.2. The lowest BCUT2D eigenvalue weighted by Gasteiger charge is -2.18. The number of carbonyl (C=O) groups excluding carboxylic acids is 1. The van der Waals surface area contributed by atoms with Crippen LogP contribution in [-0.2, 0) is 0 Å². The lowest BCUT2D eigenvalue weighted by atomic mass is 10.0. The smallest absolute Gasteiger partial charge is 0.271 e. The van der Waals surface area contributed by atoms with Gasteiger partial charge in [0.1, 0.15) is 16.5 Å². The number of ether oxygens (including phenoxy) is 1. The fourth-order valence-corrected chi connectivity index (χ4v) is 3.09. The molecule has 0 spiro atoms. The minimum atomic E-state index is -0.169. The molecule has 124 valence electrons. The zero-order chi connectivity index (χ0) is 16.8. The number of rotatable bonds is 7. The number of hydrogen-bond donors (Lipinski definition) is 2. The van der Waals surface area contributed by atoms with Gasteiger partial charge in [-0.1, -0.05) is 13.8 Å². The van der Waals surface area contributed by atoms with Crippen molar-refractivity contribution in [2.45, 2.75) is 26.3 Å². The predicted molar refractivity (Wildman–Crippen MR) is 93.9 cm³/mol. The molecule has 0 aliphatic carbocycles. The summed E-state index contributed by atoms with van der Waals surface area (Å²) in [6.45, 7) is 4.65. The van der Waals surface area contributed by atoms with E-state index in [9.17, 15) is 4.79 Å². The van der Waals surface area contributed by atoms with Gasteiger partial charge in [-0.3, -0.25) is 4.79 Å². The Morgan fingerprint density at radius 2 is 2.04 bits per heavy atom. The first kappa shape index (κ1) is 17.4. The van der Waals surface area contributed by atoms with Crippen LogP contribution in [0.4, 0.5) is 0 Å². The van der Waals surface area contributed by atoms with Gasteiger partial charge in [0.15, 0.2) is 0 Å². The molecule has 6 heteroatoms. The molecule has 0 aliphatic heterocycles. The molecule has 0 radical (unpaired) electrons. The van der Waals surface area contributed by atoms with Gasteiger partial charge in [-0.15, -0.1) is 11.3 Å². The van der Waals surface area contributed by atoms with Crippen molar-refractivity contribution in [1.29, 1.82) is 0 Å². The molecule has 3 N–H and O–H groups in total. The number of hydrogen-bond acceptors (Lipinski definition) is 5. The number of amides is 1. The maximum absolute atomic E-state index is 12.3. The van der Waals surface area contributed by atoms with Crippen molar-refractivity contribution in [2.24, 2.45) is 11.7 Å². The molecule has 0 saturated heterocycles. The molecule has 1 amide bonds. The lowest BCUT2D eigenvalue weighted by molar-refractivity contribution is 0.0929. The fraction of sp³-hybridized carbons (Fsp3) is 0.412. The second-order valence-electron chi connectivity index (χ2n) is 5.80. The summed E-state index contributed by atoms with van der Waals surface area (Å²) < 4.78 is 5.14. The first-order valence-corrected chi connectivity index (χ1v) is 8.52. The van der Waals surface area contributed by atoms with Crippen LogP contribution in [0.1, 0.15) is 30.8 Å². The van der Waals surface area contributed by atoms with Crippen LogP contribution in [0.25, 0.3) is 10.6 Å². The summed E-state index contributed by atoms with van der Waals surface area (Å²) in [4.78, 5) is 16.7. The predicted octanol–water partition coefficient (Wildman–Crippen LogP) is 2.92. The van der Waals surface area contributed by atoms with Crippen molar-refractivity contribution < 1.29 is 9.53 Å². The molecular weight excluding hydrogens is 310 g/mol. The van der Waals surface area contributed by atoms with E-state index in [1.54, 1.807) is 12.5 Å². The first-order chi connectivity index (χ1) is 11.0. The number of nitrogens with zero attached hydrogens (tertiary/aromatic N) is 1. The molecule has 0 bridgehead atoms. The molecule has 0 saturated carbocycles. The van der Waals surface area contributed by atoms with E-state index in [-0.39, 0.29) is 11.9 Å². The van der Waals surface area contributed by atoms with Gasteiger partial charge in [0.2, 0.25) is 0 Å². The highest BCUT2D eigenvalue weighted by molar-refractivity contribution is 7.13.